The molecule has 2 N–H and O–H groups in total. The minimum Gasteiger partial charge on any atom is -0.369 e. The molecule has 1 aromatic heterocycles. The van der Waals surface area contributed by atoms with Crippen molar-refractivity contribution in [3.63, 3.8) is 0 Å². The van der Waals surface area contributed by atoms with Crippen LogP contribution < -0.4 is 10.6 Å². The number of nitrogens with zero attached hydrogens (tertiary/aromatic N) is 4. The number of rotatable bonds is 4. The Kier molecular flexibility index (Phi) is 6.20. The zero-order valence-corrected chi connectivity index (χ0v) is 18.4. The number of nitrogens with two attached hydrogens (primary N) is 1. The summed E-state index contributed by atoms with van der Waals surface area (Å²) in [4.78, 5) is 28.5. The van der Waals surface area contributed by atoms with Gasteiger partial charge >= 0.3 is 0 Å². The van der Waals surface area contributed by atoms with Crippen LogP contribution in [-0.4, -0.2) is 53.1 Å². The Morgan fingerprint density at radius 1 is 0.935 bits per heavy atom. The van der Waals surface area contributed by atoms with Gasteiger partial charge in [-0.2, -0.15) is 0 Å². The zero-order valence-electron chi connectivity index (χ0n) is 18.4. The predicted molar refractivity (Wildman–Crippen MR) is 120 cm³/mol. The number of hydrogen-bond donors (Lipinski definition) is 1. The van der Waals surface area contributed by atoms with E-state index in [1.807, 2.05) is 17.0 Å². The monoisotopic (exact) mass is 421 g/mol. The smallest absolute Gasteiger partial charge is 0.227 e. The summed E-state index contributed by atoms with van der Waals surface area (Å²) in [7, 11) is 0. The van der Waals surface area contributed by atoms with Gasteiger partial charge in [-0.05, 0) is 68.9 Å². The minimum absolute atomic E-state index is 0.0416. The molecule has 2 aliphatic heterocycles. The Bertz CT molecular complexity index is 951. The number of anilines is 1. The Morgan fingerprint density at radius 3 is 2.35 bits per heavy atom. The SMILES string of the molecule is Cc1ccc(-c2ccc(N3CCCC(C(=O)N4CCC(C(N)=O)CC4)C3)nn2)cc1C. The van der Waals surface area contributed by atoms with Crippen LogP contribution in [0.5, 0.6) is 0 Å². The van der Waals surface area contributed by atoms with Crippen LogP contribution in [0.15, 0.2) is 30.3 Å². The second kappa shape index (κ2) is 9.04. The van der Waals surface area contributed by atoms with Crippen molar-refractivity contribution in [3.8, 4) is 11.3 Å². The summed E-state index contributed by atoms with van der Waals surface area (Å²) < 4.78 is 0. The van der Waals surface area contributed by atoms with Crippen molar-refractivity contribution in [1.29, 1.82) is 0 Å². The van der Waals surface area contributed by atoms with Gasteiger partial charge in [0.2, 0.25) is 11.8 Å². The van der Waals surface area contributed by atoms with Gasteiger partial charge in [0.1, 0.15) is 0 Å². The Hall–Kier alpha value is -2.96. The number of primary amides is 1. The van der Waals surface area contributed by atoms with E-state index in [0.717, 1.165) is 36.5 Å². The van der Waals surface area contributed by atoms with E-state index in [2.05, 4.69) is 47.1 Å². The number of aromatic nitrogens is 2. The van der Waals surface area contributed by atoms with E-state index in [-0.39, 0.29) is 23.7 Å². The third-order valence-electron chi connectivity index (χ3n) is 6.76. The highest BCUT2D eigenvalue weighted by atomic mass is 16.2. The van der Waals surface area contributed by atoms with Crippen LogP contribution in [0.4, 0.5) is 5.82 Å². The molecule has 1 aromatic carbocycles. The summed E-state index contributed by atoms with van der Waals surface area (Å²) in [5.41, 5.74) is 9.83. The first-order valence-electron chi connectivity index (χ1n) is 11.2. The summed E-state index contributed by atoms with van der Waals surface area (Å²) in [6.45, 7) is 6.97. The Balaban J connectivity index is 1.39. The molecule has 2 aliphatic rings. The summed E-state index contributed by atoms with van der Waals surface area (Å²) >= 11 is 0. The highest BCUT2D eigenvalue weighted by Gasteiger charge is 2.33. The van der Waals surface area contributed by atoms with E-state index < -0.39 is 0 Å². The van der Waals surface area contributed by atoms with Crippen molar-refractivity contribution in [2.75, 3.05) is 31.1 Å². The topological polar surface area (TPSA) is 92.4 Å². The van der Waals surface area contributed by atoms with Gasteiger partial charge in [0, 0.05) is 37.7 Å². The molecule has 1 atom stereocenters. The van der Waals surface area contributed by atoms with E-state index in [4.69, 9.17) is 5.73 Å². The number of piperidine rings is 2. The molecule has 0 radical (unpaired) electrons. The number of aryl methyl sites for hydroxylation is 2. The van der Waals surface area contributed by atoms with Gasteiger partial charge in [-0.15, -0.1) is 10.2 Å². The summed E-state index contributed by atoms with van der Waals surface area (Å²) in [6.07, 6.45) is 3.18. The molecule has 1 unspecified atom stereocenters. The van der Waals surface area contributed by atoms with Crippen molar-refractivity contribution in [3.05, 3.63) is 41.5 Å². The van der Waals surface area contributed by atoms with Crippen molar-refractivity contribution in [2.24, 2.45) is 17.6 Å². The van der Waals surface area contributed by atoms with Crippen molar-refractivity contribution >= 4 is 17.6 Å². The average molecular weight is 422 g/mol. The van der Waals surface area contributed by atoms with Gasteiger partial charge in [0.05, 0.1) is 11.6 Å². The molecule has 7 nitrogen and oxygen atoms in total. The molecule has 0 bridgehead atoms. The highest BCUT2D eigenvalue weighted by molar-refractivity contribution is 5.81. The van der Waals surface area contributed by atoms with Crippen molar-refractivity contribution < 1.29 is 9.59 Å². The van der Waals surface area contributed by atoms with Crippen LogP contribution in [0.3, 0.4) is 0 Å². The number of carbonyl (C=O) groups is 2. The van der Waals surface area contributed by atoms with Crippen molar-refractivity contribution in [2.45, 2.75) is 39.5 Å². The fraction of sp³-hybridized carbons (Fsp3) is 0.500. The van der Waals surface area contributed by atoms with Crippen LogP contribution in [0.25, 0.3) is 11.3 Å². The van der Waals surface area contributed by atoms with Gasteiger partial charge in [0.15, 0.2) is 5.82 Å². The number of carbonyl (C=O) groups excluding carboxylic acids is 2. The van der Waals surface area contributed by atoms with E-state index in [9.17, 15) is 9.59 Å². The summed E-state index contributed by atoms with van der Waals surface area (Å²) in [5, 5.41) is 8.91. The largest absolute Gasteiger partial charge is 0.369 e. The molecular formula is C24H31N5O2. The first kappa shape index (κ1) is 21.3. The molecule has 2 saturated heterocycles. The zero-order chi connectivity index (χ0) is 22.0. The van der Waals surface area contributed by atoms with Crippen molar-refractivity contribution in [1.82, 2.24) is 15.1 Å². The maximum Gasteiger partial charge on any atom is 0.227 e. The average Bonchev–Trinajstić information content (AvgIpc) is 2.80. The molecule has 2 fully saturated rings. The van der Waals surface area contributed by atoms with E-state index in [0.29, 0.717) is 32.5 Å². The van der Waals surface area contributed by atoms with E-state index in [1.54, 1.807) is 0 Å². The van der Waals surface area contributed by atoms with Crippen LogP contribution >= 0.6 is 0 Å². The standard InChI is InChI=1S/C24H31N5O2/c1-16-5-6-19(14-17(16)2)21-7-8-22(27-26-21)29-11-3-4-20(15-29)24(31)28-12-9-18(10-13-28)23(25)30/h5-8,14,18,20H,3-4,9-13,15H2,1-2H3,(H2,25,30). The van der Waals surface area contributed by atoms with Gasteiger partial charge in [-0.1, -0.05) is 12.1 Å². The van der Waals surface area contributed by atoms with Gasteiger partial charge < -0.3 is 15.5 Å². The number of benzene rings is 1. The first-order valence-corrected chi connectivity index (χ1v) is 11.2. The van der Waals surface area contributed by atoms with Crippen LogP contribution in [0.2, 0.25) is 0 Å². The third-order valence-corrected chi connectivity index (χ3v) is 6.76. The molecule has 0 saturated carbocycles. The maximum atomic E-state index is 13.1. The molecular weight excluding hydrogens is 390 g/mol. The molecule has 3 heterocycles. The number of likely N-dealkylation sites (tertiary alicyclic amines) is 1. The lowest BCUT2D eigenvalue weighted by Gasteiger charge is -2.37. The Labute approximate surface area is 183 Å². The Morgan fingerprint density at radius 2 is 1.71 bits per heavy atom. The third kappa shape index (κ3) is 4.70. The van der Waals surface area contributed by atoms with Crippen LogP contribution in [0.1, 0.15) is 36.8 Å². The quantitative estimate of drug-likeness (QED) is 0.819. The fourth-order valence-corrected chi connectivity index (χ4v) is 4.58. The molecule has 31 heavy (non-hydrogen) atoms. The number of amides is 2. The lowest BCUT2D eigenvalue weighted by atomic mass is 9.92. The predicted octanol–water partition coefficient (Wildman–Crippen LogP) is 2.70. The maximum absolute atomic E-state index is 13.1. The lowest BCUT2D eigenvalue weighted by Crippen LogP contribution is -2.48. The first-order chi connectivity index (χ1) is 14.9. The molecule has 4 rings (SSSR count). The summed E-state index contributed by atoms with van der Waals surface area (Å²) in [5.74, 6) is 0.613. The molecule has 2 aromatic rings. The molecule has 164 valence electrons. The number of hydrogen-bond acceptors (Lipinski definition) is 5. The normalized spacial score (nSPS) is 20.0. The molecule has 7 heteroatoms. The second-order valence-corrected chi connectivity index (χ2v) is 8.86. The molecule has 0 spiro atoms. The highest BCUT2D eigenvalue weighted by Crippen LogP contribution is 2.27. The van der Waals surface area contributed by atoms with E-state index >= 15 is 0 Å². The molecule has 0 aliphatic carbocycles. The minimum atomic E-state index is -0.251. The van der Waals surface area contributed by atoms with E-state index in [1.165, 1.54) is 11.1 Å². The fourth-order valence-electron chi connectivity index (χ4n) is 4.58. The van der Waals surface area contributed by atoms with Gasteiger partial charge in [0.25, 0.3) is 0 Å². The van der Waals surface area contributed by atoms with Gasteiger partial charge in [-0.25, -0.2) is 0 Å². The van der Waals surface area contributed by atoms with Crippen LogP contribution in [-0.2, 0) is 9.59 Å². The summed E-state index contributed by atoms with van der Waals surface area (Å²) in [6, 6.07) is 10.3. The second-order valence-electron chi connectivity index (χ2n) is 8.86. The lowest BCUT2D eigenvalue weighted by molar-refractivity contribution is -0.138. The molecule has 2 amide bonds. The van der Waals surface area contributed by atoms with Gasteiger partial charge in [-0.3, -0.25) is 9.59 Å². The van der Waals surface area contributed by atoms with Crippen LogP contribution in [0, 0.1) is 25.7 Å².